The molecule has 0 atom stereocenters. The zero-order valence-electron chi connectivity index (χ0n) is 11.2. The van der Waals surface area contributed by atoms with Crippen molar-refractivity contribution in [3.8, 4) is 0 Å². The summed E-state index contributed by atoms with van der Waals surface area (Å²) in [6.07, 6.45) is 2.85. The van der Waals surface area contributed by atoms with E-state index >= 15 is 0 Å². The Bertz CT molecular complexity index is 544. The zero-order valence-corrected chi connectivity index (χ0v) is 11.2. The highest BCUT2D eigenvalue weighted by molar-refractivity contribution is 5.41. The molecule has 0 spiro atoms. The Labute approximate surface area is 117 Å². The summed E-state index contributed by atoms with van der Waals surface area (Å²) >= 11 is 0. The fourth-order valence-electron chi connectivity index (χ4n) is 2.16. The van der Waals surface area contributed by atoms with Gasteiger partial charge in [-0.25, -0.2) is 8.78 Å². The normalized spacial score (nSPS) is 10.7. The van der Waals surface area contributed by atoms with Gasteiger partial charge in [0.1, 0.15) is 11.6 Å². The molecule has 2 aromatic rings. The SMILES string of the molecule is Nc1ccc(CCCCc2ccc(N)cc2F)c(F)c1. The van der Waals surface area contributed by atoms with Gasteiger partial charge in [-0.3, -0.25) is 0 Å². The van der Waals surface area contributed by atoms with Crippen LogP contribution in [-0.4, -0.2) is 0 Å². The Morgan fingerprint density at radius 1 is 0.700 bits per heavy atom. The standard InChI is InChI=1S/C16H18F2N2/c17-15-9-13(19)7-5-11(15)3-1-2-4-12-6-8-14(20)10-16(12)18/h5-10H,1-4,19-20H2. The highest BCUT2D eigenvalue weighted by Gasteiger charge is 2.05. The van der Waals surface area contributed by atoms with Crippen LogP contribution in [0.3, 0.4) is 0 Å². The van der Waals surface area contributed by atoms with Crippen LogP contribution in [0.25, 0.3) is 0 Å². The molecule has 0 heterocycles. The lowest BCUT2D eigenvalue weighted by Crippen LogP contribution is -1.96. The van der Waals surface area contributed by atoms with E-state index in [4.69, 9.17) is 11.5 Å². The molecule has 0 aliphatic heterocycles. The number of anilines is 2. The Morgan fingerprint density at radius 2 is 1.10 bits per heavy atom. The van der Waals surface area contributed by atoms with Crippen molar-refractivity contribution in [2.24, 2.45) is 0 Å². The fourth-order valence-corrected chi connectivity index (χ4v) is 2.16. The Morgan fingerprint density at radius 3 is 1.45 bits per heavy atom. The molecule has 0 amide bonds. The quantitative estimate of drug-likeness (QED) is 0.646. The first-order chi connectivity index (χ1) is 9.56. The maximum Gasteiger partial charge on any atom is 0.128 e. The van der Waals surface area contributed by atoms with Gasteiger partial charge in [-0.1, -0.05) is 12.1 Å². The summed E-state index contributed by atoms with van der Waals surface area (Å²) in [5, 5.41) is 0. The third-order valence-electron chi connectivity index (χ3n) is 3.30. The van der Waals surface area contributed by atoms with Crippen LogP contribution < -0.4 is 11.5 Å². The topological polar surface area (TPSA) is 52.0 Å². The second-order valence-corrected chi connectivity index (χ2v) is 4.91. The van der Waals surface area contributed by atoms with Gasteiger partial charge in [-0.2, -0.15) is 0 Å². The van der Waals surface area contributed by atoms with Crippen molar-refractivity contribution in [1.82, 2.24) is 0 Å². The van der Waals surface area contributed by atoms with Crippen molar-refractivity contribution in [1.29, 1.82) is 0 Å². The number of nitrogen functional groups attached to an aromatic ring is 2. The minimum Gasteiger partial charge on any atom is -0.399 e. The third-order valence-corrected chi connectivity index (χ3v) is 3.30. The second-order valence-electron chi connectivity index (χ2n) is 4.91. The van der Waals surface area contributed by atoms with E-state index in [2.05, 4.69) is 0 Å². The van der Waals surface area contributed by atoms with E-state index in [0.29, 0.717) is 35.3 Å². The van der Waals surface area contributed by atoms with Crippen LogP contribution in [0.5, 0.6) is 0 Å². The van der Waals surface area contributed by atoms with Gasteiger partial charge in [0.15, 0.2) is 0 Å². The maximum atomic E-state index is 13.6. The monoisotopic (exact) mass is 276 g/mol. The van der Waals surface area contributed by atoms with Crippen LogP contribution in [0.2, 0.25) is 0 Å². The predicted molar refractivity (Wildman–Crippen MR) is 78.3 cm³/mol. The minimum atomic E-state index is -0.274. The third kappa shape index (κ3) is 3.70. The largest absolute Gasteiger partial charge is 0.399 e. The van der Waals surface area contributed by atoms with Gasteiger partial charge in [0, 0.05) is 11.4 Å². The number of hydrogen-bond donors (Lipinski definition) is 2. The number of unbranched alkanes of at least 4 members (excludes halogenated alkanes) is 1. The van der Waals surface area contributed by atoms with Crippen LogP contribution in [0.4, 0.5) is 20.2 Å². The molecule has 0 saturated carbocycles. The highest BCUT2D eigenvalue weighted by Crippen LogP contribution is 2.17. The predicted octanol–water partition coefficient (Wildman–Crippen LogP) is 3.69. The summed E-state index contributed by atoms with van der Waals surface area (Å²) in [4.78, 5) is 0. The lowest BCUT2D eigenvalue weighted by atomic mass is 10.0. The van der Waals surface area contributed by atoms with Crippen molar-refractivity contribution in [3.63, 3.8) is 0 Å². The number of rotatable bonds is 5. The summed E-state index contributed by atoms with van der Waals surface area (Å²) in [5.74, 6) is -0.549. The Kier molecular flexibility index (Phi) is 4.56. The molecule has 0 aliphatic rings. The molecule has 0 saturated heterocycles. The first-order valence-corrected chi connectivity index (χ1v) is 6.64. The van der Waals surface area contributed by atoms with E-state index in [9.17, 15) is 8.78 Å². The van der Waals surface area contributed by atoms with Crippen molar-refractivity contribution in [3.05, 3.63) is 59.2 Å². The van der Waals surface area contributed by atoms with Gasteiger partial charge < -0.3 is 11.5 Å². The molecule has 0 radical (unpaired) electrons. The number of benzene rings is 2. The zero-order chi connectivity index (χ0) is 14.5. The second kappa shape index (κ2) is 6.37. The smallest absolute Gasteiger partial charge is 0.128 e. The average Bonchev–Trinajstić information content (AvgIpc) is 2.39. The molecule has 0 aromatic heterocycles. The van der Waals surface area contributed by atoms with Crippen molar-refractivity contribution < 1.29 is 8.78 Å². The van der Waals surface area contributed by atoms with Crippen LogP contribution in [0.1, 0.15) is 24.0 Å². The molecule has 106 valence electrons. The molecular formula is C16H18F2N2. The van der Waals surface area contributed by atoms with Crippen molar-refractivity contribution in [2.45, 2.75) is 25.7 Å². The molecule has 0 unspecified atom stereocenters. The molecular weight excluding hydrogens is 258 g/mol. The summed E-state index contributed by atoms with van der Waals surface area (Å²) in [5.41, 5.74) is 13.1. The summed E-state index contributed by atoms with van der Waals surface area (Å²) < 4.78 is 27.1. The average molecular weight is 276 g/mol. The van der Waals surface area contributed by atoms with Crippen LogP contribution in [0, 0.1) is 11.6 Å². The molecule has 2 nitrogen and oxygen atoms in total. The van der Waals surface area contributed by atoms with Gasteiger partial charge in [0.25, 0.3) is 0 Å². The molecule has 0 aliphatic carbocycles. The number of nitrogens with two attached hydrogens (primary N) is 2. The molecule has 0 fully saturated rings. The highest BCUT2D eigenvalue weighted by atomic mass is 19.1. The number of hydrogen-bond acceptors (Lipinski definition) is 2. The Hall–Kier alpha value is -2.10. The summed E-state index contributed by atoms with van der Waals surface area (Å²) in [7, 11) is 0. The molecule has 2 aromatic carbocycles. The molecule has 4 N–H and O–H groups in total. The summed E-state index contributed by atoms with van der Waals surface area (Å²) in [6.45, 7) is 0. The van der Waals surface area contributed by atoms with Gasteiger partial charge in [0.05, 0.1) is 0 Å². The lowest BCUT2D eigenvalue weighted by Gasteiger charge is -2.06. The minimum absolute atomic E-state index is 0.274. The molecule has 2 rings (SSSR count). The van der Waals surface area contributed by atoms with Crippen LogP contribution >= 0.6 is 0 Å². The molecule has 4 heteroatoms. The Balaban J connectivity index is 1.84. The maximum absolute atomic E-state index is 13.6. The van der Waals surface area contributed by atoms with Gasteiger partial charge in [-0.05, 0) is 61.1 Å². The lowest BCUT2D eigenvalue weighted by molar-refractivity contribution is 0.589. The van der Waals surface area contributed by atoms with E-state index in [-0.39, 0.29) is 11.6 Å². The van der Waals surface area contributed by atoms with E-state index in [1.165, 1.54) is 12.1 Å². The summed E-state index contributed by atoms with van der Waals surface area (Å²) in [6, 6.07) is 9.45. The first-order valence-electron chi connectivity index (χ1n) is 6.64. The van der Waals surface area contributed by atoms with Gasteiger partial charge in [0.2, 0.25) is 0 Å². The van der Waals surface area contributed by atoms with Crippen molar-refractivity contribution in [2.75, 3.05) is 11.5 Å². The molecule has 20 heavy (non-hydrogen) atoms. The van der Waals surface area contributed by atoms with Crippen LogP contribution in [0.15, 0.2) is 36.4 Å². The first kappa shape index (κ1) is 14.3. The van der Waals surface area contributed by atoms with E-state index in [0.717, 1.165) is 12.8 Å². The van der Waals surface area contributed by atoms with Crippen LogP contribution in [-0.2, 0) is 12.8 Å². The molecule has 0 bridgehead atoms. The van der Waals surface area contributed by atoms with E-state index in [1.54, 1.807) is 24.3 Å². The fraction of sp³-hybridized carbons (Fsp3) is 0.250. The number of aryl methyl sites for hydroxylation is 2. The van der Waals surface area contributed by atoms with Gasteiger partial charge in [-0.15, -0.1) is 0 Å². The van der Waals surface area contributed by atoms with E-state index in [1.807, 2.05) is 0 Å². The number of halogens is 2. The van der Waals surface area contributed by atoms with E-state index < -0.39 is 0 Å². The van der Waals surface area contributed by atoms with Crippen molar-refractivity contribution >= 4 is 11.4 Å². The van der Waals surface area contributed by atoms with Gasteiger partial charge >= 0.3 is 0 Å².